The third-order valence-corrected chi connectivity index (χ3v) is 3.30. The Balaban J connectivity index is 2.02. The molecule has 0 aromatic heterocycles. The van der Waals surface area contributed by atoms with E-state index in [0.717, 1.165) is 17.0 Å². The lowest BCUT2D eigenvalue weighted by Gasteiger charge is -2.15. The first-order valence-electron chi connectivity index (χ1n) is 6.98. The highest BCUT2D eigenvalue weighted by Gasteiger charge is 2.08. The molecule has 0 saturated carbocycles. The monoisotopic (exact) mass is 313 g/mol. The van der Waals surface area contributed by atoms with Crippen LogP contribution in [0.2, 0.25) is 0 Å². The first-order chi connectivity index (χ1) is 10.6. The van der Waals surface area contributed by atoms with E-state index in [1.54, 1.807) is 0 Å². The van der Waals surface area contributed by atoms with Crippen molar-refractivity contribution in [2.45, 2.75) is 20.0 Å². The van der Waals surface area contributed by atoms with Gasteiger partial charge in [-0.3, -0.25) is 5.43 Å². The Morgan fingerprint density at radius 3 is 2.27 bits per heavy atom. The van der Waals surface area contributed by atoms with Crippen molar-refractivity contribution >= 4 is 23.0 Å². The quantitative estimate of drug-likeness (QED) is 0.505. The maximum absolute atomic E-state index is 5.84. The van der Waals surface area contributed by atoms with Crippen LogP contribution >= 0.6 is 12.2 Å². The maximum atomic E-state index is 5.84. The maximum Gasteiger partial charge on any atom is 0.184 e. The molecular formula is C17H19N3OS. The summed E-state index contributed by atoms with van der Waals surface area (Å²) in [7, 11) is 0. The molecule has 0 fully saturated rings. The van der Waals surface area contributed by atoms with Crippen LogP contribution in [0.4, 0.5) is 0 Å². The molecule has 4 nitrogen and oxygen atoms in total. The van der Waals surface area contributed by atoms with Gasteiger partial charge in [-0.15, -0.1) is 0 Å². The fraction of sp³-hybridized carbons (Fsp3) is 0.176. The highest BCUT2D eigenvalue weighted by molar-refractivity contribution is 7.80. The SMILES string of the molecule is C/C(=N\NC(N)=S)C(C)Oc1ccc(-c2ccccc2)cc1. The van der Waals surface area contributed by atoms with Gasteiger partial charge in [-0.2, -0.15) is 5.10 Å². The molecule has 0 aliphatic carbocycles. The summed E-state index contributed by atoms with van der Waals surface area (Å²) in [6.07, 6.45) is -0.176. The van der Waals surface area contributed by atoms with Crippen molar-refractivity contribution in [3.8, 4) is 16.9 Å². The van der Waals surface area contributed by atoms with Gasteiger partial charge in [0.2, 0.25) is 0 Å². The van der Waals surface area contributed by atoms with E-state index in [1.165, 1.54) is 5.56 Å². The summed E-state index contributed by atoms with van der Waals surface area (Å²) in [5, 5.41) is 4.20. The number of hydrogen-bond donors (Lipinski definition) is 2. The molecule has 114 valence electrons. The van der Waals surface area contributed by atoms with Gasteiger partial charge < -0.3 is 10.5 Å². The predicted octanol–water partition coefficient (Wildman–Crippen LogP) is 3.33. The summed E-state index contributed by atoms with van der Waals surface area (Å²) in [4.78, 5) is 0. The largest absolute Gasteiger partial charge is 0.485 e. The van der Waals surface area contributed by atoms with Gasteiger partial charge in [-0.25, -0.2) is 0 Å². The standard InChI is InChI=1S/C17H19N3OS/c1-12(19-20-17(18)22)13(2)21-16-10-8-15(9-11-16)14-6-4-3-5-7-14/h3-11,13H,1-2H3,(H3,18,20,22)/b19-12+. The number of benzene rings is 2. The first kappa shape index (κ1) is 16.0. The lowest BCUT2D eigenvalue weighted by atomic mass is 10.1. The van der Waals surface area contributed by atoms with E-state index in [-0.39, 0.29) is 11.2 Å². The van der Waals surface area contributed by atoms with Gasteiger partial charge in [0.25, 0.3) is 0 Å². The van der Waals surface area contributed by atoms with Crippen LogP contribution in [0.3, 0.4) is 0 Å². The molecule has 0 saturated heterocycles. The molecule has 0 aliphatic heterocycles. The van der Waals surface area contributed by atoms with Crippen LogP contribution in [0.25, 0.3) is 11.1 Å². The Morgan fingerprint density at radius 1 is 1.09 bits per heavy atom. The van der Waals surface area contributed by atoms with Gasteiger partial charge in [-0.05, 0) is 49.3 Å². The smallest absolute Gasteiger partial charge is 0.184 e. The van der Waals surface area contributed by atoms with E-state index in [2.05, 4.69) is 22.7 Å². The number of nitrogens with zero attached hydrogens (tertiary/aromatic N) is 1. The van der Waals surface area contributed by atoms with Crippen LogP contribution in [0, 0.1) is 0 Å². The molecule has 0 amide bonds. The summed E-state index contributed by atoms with van der Waals surface area (Å²) < 4.78 is 5.84. The number of nitrogens with one attached hydrogen (secondary N) is 1. The average molecular weight is 313 g/mol. The molecule has 3 N–H and O–H groups in total. The Labute approximate surface area is 136 Å². The number of hydrogen-bond acceptors (Lipinski definition) is 3. The zero-order chi connectivity index (χ0) is 15.9. The molecule has 1 atom stereocenters. The minimum Gasteiger partial charge on any atom is -0.485 e. The van der Waals surface area contributed by atoms with Gasteiger partial charge in [0.1, 0.15) is 11.9 Å². The summed E-state index contributed by atoms with van der Waals surface area (Å²) in [5.74, 6) is 0.789. The molecule has 22 heavy (non-hydrogen) atoms. The van der Waals surface area contributed by atoms with Crippen LogP contribution in [-0.4, -0.2) is 16.9 Å². The van der Waals surface area contributed by atoms with Gasteiger partial charge in [0.15, 0.2) is 5.11 Å². The Hall–Kier alpha value is -2.40. The highest BCUT2D eigenvalue weighted by atomic mass is 32.1. The molecule has 0 radical (unpaired) electrons. The molecule has 0 bridgehead atoms. The Morgan fingerprint density at radius 2 is 1.68 bits per heavy atom. The minimum atomic E-state index is -0.176. The number of rotatable bonds is 5. The summed E-state index contributed by atoms with van der Waals surface area (Å²) >= 11 is 4.71. The Kier molecular flexibility index (Phi) is 5.49. The zero-order valence-electron chi connectivity index (χ0n) is 12.6. The van der Waals surface area contributed by atoms with Crippen molar-refractivity contribution in [1.29, 1.82) is 0 Å². The van der Waals surface area contributed by atoms with E-state index in [9.17, 15) is 0 Å². The Bertz CT molecular complexity index is 653. The number of hydrazone groups is 1. The van der Waals surface area contributed by atoms with Crippen LogP contribution < -0.4 is 15.9 Å². The molecule has 2 aromatic rings. The van der Waals surface area contributed by atoms with Crippen molar-refractivity contribution in [2.75, 3.05) is 0 Å². The highest BCUT2D eigenvalue weighted by Crippen LogP contribution is 2.22. The molecule has 1 unspecified atom stereocenters. The third kappa shape index (κ3) is 4.56. The second-order valence-corrected chi connectivity index (χ2v) is 5.32. The van der Waals surface area contributed by atoms with Gasteiger partial charge >= 0.3 is 0 Å². The van der Waals surface area contributed by atoms with Gasteiger partial charge in [0, 0.05) is 0 Å². The second kappa shape index (κ2) is 7.56. The van der Waals surface area contributed by atoms with E-state index < -0.39 is 0 Å². The summed E-state index contributed by atoms with van der Waals surface area (Å²) in [5.41, 5.74) is 11.0. The molecule has 5 heteroatoms. The molecule has 0 heterocycles. The van der Waals surface area contributed by atoms with Crippen molar-refractivity contribution in [2.24, 2.45) is 10.8 Å². The number of nitrogens with two attached hydrogens (primary N) is 1. The first-order valence-corrected chi connectivity index (χ1v) is 7.39. The average Bonchev–Trinajstić information content (AvgIpc) is 2.54. The molecular weight excluding hydrogens is 294 g/mol. The molecule has 0 aliphatic rings. The van der Waals surface area contributed by atoms with E-state index in [4.69, 9.17) is 22.7 Å². The van der Waals surface area contributed by atoms with E-state index in [0.29, 0.717) is 0 Å². The lowest BCUT2D eigenvalue weighted by Crippen LogP contribution is -2.29. The number of thiocarbonyl (C=S) groups is 1. The van der Waals surface area contributed by atoms with Gasteiger partial charge in [0.05, 0.1) is 5.71 Å². The van der Waals surface area contributed by atoms with Crippen molar-refractivity contribution in [1.82, 2.24) is 5.43 Å². The third-order valence-electron chi connectivity index (χ3n) is 3.21. The van der Waals surface area contributed by atoms with Crippen molar-refractivity contribution in [3.63, 3.8) is 0 Å². The topological polar surface area (TPSA) is 59.6 Å². The van der Waals surface area contributed by atoms with Crippen LogP contribution in [0.15, 0.2) is 59.7 Å². The summed E-state index contributed by atoms with van der Waals surface area (Å²) in [6.45, 7) is 3.78. The molecule has 0 spiro atoms. The van der Waals surface area contributed by atoms with E-state index >= 15 is 0 Å². The van der Waals surface area contributed by atoms with Crippen LogP contribution in [-0.2, 0) is 0 Å². The molecule has 2 rings (SSSR count). The fourth-order valence-corrected chi connectivity index (χ4v) is 1.93. The predicted molar refractivity (Wildman–Crippen MR) is 95.0 cm³/mol. The van der Waals surface area contributed by atoms with Crippen molar-refractivity contribution < 1.29 is 4.74 Å². The molecule has 2 aromatic carbocycles. The van der Waals surface area contributed by atoms with Crippen molar-refractivity contribution in [3.05, 3.63) is 54.6 Å². The zero-order valence-corrected chi connectivity index (χ0v) is 13.4. The second-order valence-electron chi connectivity index (χ2n) is 4.88. The lowest BCUT2D eigenvalue weighted by molar-refractivity contribution is 0.286. The van der Waals surface area contributed by atoms with Crippen LogP contribution in [0.5, 0.6) is 5.75 Å². The summed E-state index contributed by atoms with van der Waals surface area (Å²) in [6, 6.07) is 18.2. The number of ether oxygens (including phenoxy) is 1. The van der Waals surface area contributed by atoms with E-state index in [1.807, 2.05) is 56.3 Å². The minimum absolute atomic E-state index is 0.138. The van der Waals surface area contributed by atoms with Gasteiger partial charge in [-0.1, -0.05) is 42.5 Å². The normalized spacial score (nSPS) is 12.5. The van der Waals surface area contributed by atoms with Crippen LogP contribution in [0.1, 0.15) is 13.8 Å². The fourth-order valence-electron chi connectivity index (χ4n) is 1.88.